The normalized spacial score (nSPS) is 12.1. The van der Waals surface area contributed by atoms with Gasteiger partial charge in [-0.05, 0) is 66.6 Å². The van der Waals surface area contributed by atoms with Crippen LogP contribution in [0, 0.1) is 6.92 Å². The maximum atomic E-state index is 12.7. The van der Waals surface area contributed by atoms with Gasteiger partial charge in [-0.25, -0.2) is 0 Å². The highest BCUT2D eigenvalue weighted by atomic mass is 32.2. The summed E-state index contributed by atoms with van der Waals surface area (Å²) in [4.78, 5) is 14.9. The SMILES string of the molecule is COc1cc(C=CC(=O)CC(C=Cc2ccc(O)c(OC)c2)=NNS(=O)(=O)c2ccc(C)cc2)ccc1O. The zero-order valence-electron chi connectivity index (χ0n) is 21.1. The number of carbonyl (C=O) groups is 1. The van der Waals surface area contributed by atoms with Crippen LogP contribution in [0.25, 0.3) is 12.2 Å². The second kappa shape index (κ2) is 12.6. The predicted molar refractivity (Wildman–Crippen MR) is 146 cm³/mol. The summed E-state index contributed by atoms with van der Waals surface area (Å²) in [5.41, 5.74) is 2.31. The van der Waals surface area contributed by atoms with Gasteiger partial charge < -0.3 is 19.7 Å². The van der Waals surface area contributed by atoms with E-state index in [9.17, 15) is 23.4 Å². The molecule has 198 valence electrons. The minimum Gasteiger partial charge on any atom is -0.504 e. The zero-order chi connectivity index (χ0) is 27.7. The van der Waals surface area contributed by atoms with Crippen LogP contribution in [0.5, 0.6) is 23.0 Å². The first-order valence-electron chi connectivity index (χ1n) is 11.4. The molecule has 0 aliphatic rings. The van der Waals surface area contributed by atoms with Gasteiger partial charge in [-0.1, -0.05) is 42.0 Å². The quantitative estimate of drug-likeness (QED) is 0.187. The highest BCUT2D eigenvalue weighted by molar-refractivity contribution is 7.89. The molecule has 0 fully saturated rings. The van der Waals surface area contributed by atoms with Gasteiger partial charge in [0.1, 0.15) is 0 Å². The van der Waals surface area contributed by atoms with Crippen LogP contribution < -0.4 is 14.3 Å². The number of nitrogens with one attached hydrogen (secondary N) is 1. The van der Waals surface area contributed by atoms with Crippen molar-refractivity contribution in [3.63, 3.8) is 0 Å². The number of aromatic hydroxyl groups is 2. The molecular weight excluding hydrogens is 508 g/mol. The summed E-state index contributed by atoms with van der Waals surface area (Å²) in [5, 5.41) is 23.6. The molecule has 0 bridgehead atoms. The van der Waals surface area contributed by atoms with Crippen molar-refractivity contribution >= 4 is 33.7 Å². The van der Waals surface area contributed by atoms with Gasteiger partial charge in [-0.2, -0.15) is 18.4 Å². The number of sulfonamides is 1. The Morgan fingerprint density at radius 1 is 0.868 bits per heavy atom. The van der Waals surface area contributed by atoms with Gasteiger partial charge in [0.15, 0.2) is 28.8 Å². The Morgan fingerprint density at radius 2 is 1.39 bits per heavy atom. The fourth-order valence-electron chi connectivity index (χ4n) is 3.24. The average molecular weight is 537 g/mol. The van der Waals surface area contributed by atoms with Crippen LogP contribution in [0.15, 0.2) is 82.8 Å². The molecule has 3 aromatic carbocycles. The van der Waals surface area contributed by atoms with E-state index in [0.29, 0.717) is 11.1 Å². The van der Waals surface area contributed by atoms with Gasteiger partial charge >= 0.3 is 0 Å². The lowest BCUT2D eigenvalue weighted by atomic mass is 10.1. The van der Waals surface area contributed by atoms with E-state index < -0.39 is 10.0 Å². The van der Waals surface area contributed by atoms with Crippen LogP contribution in [0.2, 0.25) is 0 Å². The van der Waals surface area contributed by atoms with Gasteiger partial charge in [-0.15, -0.1) is 0 Å². The first kappa shape index (κ1) is 28.0. The second-order valence-corrected chi connectivity index (χ2v) is 9.84. The Hall–Kier alpha value is -4.57. The topological polar surface area (TPSA) is 135 Å². The minimum absolute atomic E-state index is 0.0257. The van der Waals surface area contributed by atoms with E-state index >= 15 is 0 Å². The van der Waals surface area contributed by atoms with E-state index in [-0.39, 0.29) is 45.8 Å². The lowest BCUT2D eigenvalue weighted by molar-refractivity contribution is -0.113. The number of hydrogen-bond donors (Lipinski definition) is 3. The zero-order valence-corrected chi connectivity index (χ0v) is 21.9. The summed E-state index contributed by atoms with van der Waals surface area (Å²) < 4.78 is 35.6. The summed E-state index contributed by atoms with van der Waals surface area (Å²) in [5.74, 6) is 0.116. The third kappa shape index (κ3) is 7.71. The molecule has 3 rings (SSSR count). The number of hydrazone groups is 1. The number of allylic oxidation sites excluding steroid dienone is 2. The van der Waals surface area contributed by atoms with E-state index in [1.807, 2.05) is 6.92 Å². The van der Waals surface area contributed by atoms with Crippen molar-refractivity contribution in [2.24, 2.45) is 5.10 Å². The van der Waals surface area contributed by atoms with Gasteiger partial charge in [0.2, 0.25) is 0 Å². The number of ketones is 1. The fourth-order valence-corrected chi connectivity index (χ4v) is 4.08. The Bertz CT molecular complexity index is 1490. The minimum atomic E-state index is -3.97. The maximum absolute atomic E-state index is 12.7. The molecule has 0 radical (unpaired) electrons. The molecule has 0 aliphatic heterocycles. The number of phenolic OH excluding ortho intramolecular Hbond substituents is 2. The highest BCUT2D eigenvalue weighted by Gasteiger charge is 2.13. The van der Waals surface area contributed by atoms with Crippen molar-refractivity contribution in [2.45, 2.75) is 18.2 Å². The van der Waals surface area contributed by atoms with Gasteiger partial charge in [-0.3, -0.25) is 4.79 Å². The van der Waals surface area contributed by atoms with Crippen LogP contribution in [-0.2, 0) is 14.8 Å². The smallest absolute Gasteiger partial charge is 0.276 e. The predicted octanol–water partition coefficient (Wildman–Crippen LogP) is 4.44. The largest absolute Gasteiger partial charge is 0.504 e. The number of carbonyl (C=O) groups excluding carboxylic acids is 1. The fraction of sp³-hybridized carbons (Fsp3) is 0.143. The highest BCUT2D eigenvalue weighted by Crippen LogP contribution is 2.27. The molecule has 0 saturated heterocycles. The van der Waals surface area contributed by atoms with Crippen molar-refractivity contribution in [1.82, 2.24) is 4.83 Å². The standard InChI is InChI=1S/C28H28N2O7S/c1-19-4-12-24(13-5-19)38(34,35)30-29-22(10-6-20-8-14-25(32)27(16-20)36-2)18-23(31)11-7-21-9-15-26(33)28(17-21)37-3/h4-17,30,32-33H,18H2,1-3H3. The number of nitrogens with zero attached hydrogens (tertiary/aromatic N) is 1. The molecule has 3 aromatic rings. The average Bonchev–Trinajstić information content (AvgIpc) is 2.90. The molecule has 10 heteroatoms. The summed E-state index contributed by atoms with van der Waals surface area (Å²) in [6.45, 7) is 1.84. The Morgan fingerprint density at radius 3 is 1.92 bits per heavy atom. The van der Waals surface area contributed by atoms with E-state index in [1.54, 1.807) is 48.6 Å². The molecule has 0 unspecified atom stereocenters. The monoisotopic (exact) mass is 536 g/mol. The van der Waals surface area contributed by atoms with Gasteiger partial charge in [0.25, 0.3) is 10.0 Å². The number of rotatable bonds is 11. The molecule has 0 amide bonds. The molecule has 9 nitrogen and oxygen atoms in total. The van der Waals surface area contributed by atoms with E-state index in [4.69, 9.17) is 9.47 Å². The summed E-state index contributed by atoms with van der Waals surface area (Å²) >= 11 is 0. The third-order valence-corrected chi connectivity index (χ3v) is 6.56. The van der Waals surface area contributed by atoms with Crippen LogP contribution in [-0.4, -0.2) is 44.3 Å². The van der Waals surface area contributed by atoms with Crippen molar-refractivity contribution < 1.29 is 32.9 Å². The lowest BCUT2D eigenvalue weighted by Gasteiger charge is -2.06. The summed E-state index contributed by atoms with van der Waals surface area (Å²) in [7, 11) is -1.12. The van der Waals surface area contributed by atoms with Gasteiger partial charge in [0.05, 0.1) is 31.2 Å². The number of phenols is 2. The molecular formula is C28H28N2O7S. The van der Waals surface area contributed by atoms with E-state index in [1.165, 1.54) is 50.6 Å². The molecule has 0 spiro atoms. The molecule has 0 saturated carbocycles. The van der Waals surface area contributed by atoms with Crippen molar-refractivity contribution in [3.05, 3.63) is 89.5 Å². The van der Waals surface area contributed by atoms with Crippen LogP contribution in [0.3, 0.4) is 0 Å². The number of ether oxygens (including phenoxy) is 2. The van der Waals surface area contributed by atoms with Gasteiger partial charge in [0, 0.05) is 0 Å². The molecule has 0 atom stereocenters. The number of methoxy groups -OCH3 is 2. The Balaban J connectivity index is 1.85. The van der Waals surface area contributed by atoms with Crippen LogP contribution in [0.1, 0.15) is 23.1 Å². The molecule has 0 heterocycles. The number of aryl methyl sites for hydroxylation is 1. The number of hydrogen-bond acceptors (Lipinski definition) is 8. The summed E-state index contributed by atoms with van der Waals surface area (Å²) in [6.07, 6.45) is 5.77. The van der Waals surface area contributed by atoms with E-state index in [2.05, 4.69) is 9.93 Å². The van der Waals surface area contributed by atoms with Crippen molar-refractivity contribution in [3.8, 4) is 23.0 Å². The maximum Gasteiger partial charge on any atom is 0.276 e. The second-order valence-electron chi connectivity index (χ2n) is 8.18. The van der Waals surface area contributed by atoms with E-state index in [0.717, 1.165) is 5.56 Å². The van der Waals surface area contributed by atoms with Crippen LogP contribution >= 0.6 is 0 Å². The van der Waals surface area contributed by atoms with Crippen LogP contribution in [0.4, 0.5) is 0 Å². The molecule has 0 aliphatic carbocycles. The first-order valence-corrected chi connectivity index (χ1v) is 12.9. The molecule has 38 heavy (non-hydrogen) atoms. The number of benzene rings is 3. The van der Waals surface area contributed by atoms with Crippen molar-refractivity contribution in [1.29, 1.82) is 0 Å². The first-order chi connectivity index (χ1) is 18.1. The summed E-state index contributed by atoms with van der Waals surface area (Å²) in [6, 6.07) is 15.6. The Kier molecular flexibility index (Phi) is 9.28. The molecule has 3 N–H and O–H groups in total. The van der Waals surface area contributed by atoms with Crippen molar-refractivity contribution in [2.75, 3.05) is 14.2 Å². The lowest BCUT2D eigenvalue weighted by Crippen LogP contribution is -2.20. The third-order valence-electron chi connectivity index (χ3n) is 5.33. The molecule has 0 aromatic heterocycles. The Labute approximate surface area is 221 Å².